The normalized spacial score (nSPS) is 12.0. The summed E-state index contributed by atoms with van der Waals surface area (Å²) in [4.78, 5) is 0. The van der Waals surface area contributed by atoms with E-state index in [0.717, 1.165) is 0 Å². The summed E-state index contributed by atoms with van der Waals surface area (Å²) >= 11 is 0. The monoisotopic (exact) mass is 83.0 g/mol. The number of alkyl halides is 3. The average molecular weight is 83.0 g/mol. The highest BCUT2D eigenvalue weighted by Crippen LogP contribution is 2.10. The first-order valence-corrected chi connectivity index (χ1v) is 1.07. The molecule has 0 aliphatic rings. The van der Waals surface area contributed by atoms with Crippen LogP contribution >= 0.6 is 0 Å². The van der Waals surface area contributed by atoms with Crippen LogP contribution < -0.4 is 0 Å². The van der Waals surface area contributed by atoms with Gasteiger partial charge < -0.3 is 0 Å². The topological polar surface area (TPSA) is 0 Å². The van der Waals surface area contributed by atoms with Crippen molar-refractivity contribution in [1.29, 1.82) is 0 Å². The van der Waals surface area contributed by atoms with E-state index in [1.807, 2.05) is 0 Å². The highest BCUT2D eigenvalue weighted by atomic mass is 19.3. The molecule has 0 unspecified atom stereocenters. The van der Waals surface area contributed by atoms with E-state index in [1.54, 1.807) is 0 Å². The Morgan fingerprint density at radius 3 is 1.20 bits per heavy atom. The second-order valence-corrected chi connectivity index (χ2v) is 0.781. The van der Waals surface area contributed by atoms with E-state index in [1.165, 1.54) is 0 Å². The molecule has 0 aromatic rings. The van der Waals surface area contributed by atoms with Gasteiger partial charge in [-0.1, -0.05) is 0 Å². The third-order valence-electron chi connectivity index (χ3n) is 0. The van der Waals surface area contributed by atoms with Gasteiger partial charge in [-0.3, -0.25) is 0 Å². The Morgan fingerprint density at radius 1 is 1.20 bits per heavy atom. The van der Waals surface area contributed by atoms with Crippen LogP contribution in [0.5, 0.6) is 0 Å². The standard InChI is InChI=1S/C2H3F3/c1-2(3,4)5/h1H3/i3-1. The highest BCUT2D eigenvalue weighted by molar-refractivity contribution is 4.26. The molecule has 0 amide bonds. The third kappa shape index (κ3) is 275. The number of halogens is 3. The fourth-order valence-electron chi connectivity index (χ4n) is 0. The Balaban J connectivity index is 3.02. The lowest BCUT2D eigenvalue weighted by molar-refractivity contribution is -0.110. The summed E-state index contributed by atoms with van der Waals surface area (Å²) in [6.07, 6.45) is -4.00. The van der Waals surface area contributed by atoms with Gasteiger partial charge >= 0.3 is 6.18 Å². The molecule has 0 fully saturated rings. The first-order valence-electron chi connectivity index (χ1n) is 1.07. The summed E-state index contributed by atoms with van der Waals surface area (Å²) in [5.41, 5.74) is 0. The second kappa shape index (κ2) is 0.880. The molecule has 3 heteroatoms. The van der Waals surface area contributed by atoms with Crippen molar-refractivity contribution in [3.8, 4) is 0 Å². The highest BCUT2D eigenvalue weighted by Gasteiger charge is 2.15. The zero-order valence-corrected chi connectivity index (χ0v) is 2.63. The maximum Gasteiger partial charge on any atom is 0.386 e. The molecule has 0 nitrogen and oxygen atoms in total. The van der Waals surface area contributed by atoms with E-state index >= 15 is 0 Å². The Kier molecular flexibility index (Phi) is 0.843. The molecule has 0 aromatic heterocycles. The van der Waals surface area contributed by atoms with Crippen molar-refractivity contribution >= 4 is 0 Å². The van der Waals surface area contributed by atoms with Crippen molar-refractivity contribution in [1.82, 2.24) is 0 Å². The lowest BCUT2D eigenvalue weighted by Crippen LogP contribution is -1.95. The molecule has 0 aliphatic carbocycles. The molecule has 0 rings (SSSR count). The summed E-state index contributed by atoms with van der Waals surface area (Å²) in [5.74, 6) is 0. The summed E-state index contributed by atoms with van der Waals surface area (Å²) < 4.78 is 31.1. The van der Waals surface area contributed by atoms with Gasteiger partial charge in [0.15, 0.2) is 0 Å². The molecule has 0 aromatic carbocycles. The van der Waals surface area contributed by atoms with Crippen molar-refractivity contribution in [2.75, 3.05) is 0 Å². The van der Waals surface area contributed by atoms with Crippen LogP contribution in [0, 0.1) is 0 Å². The Labute approximate surface area is 27.6 Å². The third-order valence-corrected chi connectivity index (χ3v) is 0. The smallest absolute Gasteiger partial charge is 0.172 e. The van der Waals surface area contributed by atoms with Crippen LogP contribution in [0.1, 0.15) is 6.92 Å². The largest absolute Gasteiger partial charge is 0.386 e. The summed E-state index contributed by atoms with van der Waals surface area (Å²) in [5, 5.41) is 0. The maximum absolute atomic E-state index is 10.4. The lowest BCUT2D eigenvalue weighted by atomic mass is 10.8. The van der Waals surface area contributed by atoms with E-state index in [9.17, 15) is 13.2 Å². The van der Waals surface area contributed by atoms with Crippen LogP contribution in [-0.4, -0.2) is 6.18 Å². The summed E-state index contributed by atoms with van der Waals surface area (Å²) in [6.45, 7) is 0.188. The second-order valence-electron chi connectivity index (χ2n) is 0.781. The molecule has 0 spiro atoms. The van der Waals surface area contributed by atoms with Gasteiger partial charge in [0.05, 0.1) is 0 Å². The Morgan fingerprint density at radius 2 is 1.20 bits per heavy atom. The zero-order valence-electron chi connectivity index (χ0n) is 2.63. The van der Waals surface area contributed by atoms with Crippen LogP contribution in [0.3, 0.4) is 0 Å². The average Bonchev–Trinajstić information content (AvgIpc) is 0.722. The zero-order chi connectivity index (χ0) is 4.50. The van der Waals surface area contributed by atoms with E-state index < -0.39 is 6.18 Å². The van der Waals surface area contributed by atoms with Crippen molar-refractivity contribution in [3.05, 3.63) is 0 Å². The van der Waals surface area contributed by atoms with Crippen molar-refractivity contribution in [3.63, 3.8) is 0 Å². The molecule has 32 valence electrons. The molecule has 0 bridgehead atoms. The molecule has 0 radical (unpaired) electrons. The minimum atomic E-state index is -4.00. The van der Waals surface area contributed by atoms with Gasteiger partial charge in [0, 0.05) is 6.92 Å². The van der Waals surface area contributed by atoms with E-state index in [-0.39, 0.29) is 6.92 Å². The van der Waals surface area contributed by atoms with Crippen LogP contribution in [0.25, 0.3) is 0 Å². The molecular formula is C2H3F3. The molecule has 0 aliphatic heterocycles. The molecule has 0 saturated heterocycles. The van der Waals surface area contributed by atoms with Gasteiger partial charge in [0.1, 0.15) is 0 Å². The molecule has 0 atom stereocenters. The minimum absolute atomic E-state index is 0.188. The first-order chi connectivity index (χ1) is 2.00. The number of rotatable bonds is 0. The molecular weight excluding hydrogens is 80.0 g/mol. The van der Waals surface area contributed by atoms with Gasteiger partial charge in [-0.15, -0.1) is 0 Å². The SMILES string of the molecule is CC(F)(F)[18F]. The van der Waals surface area contributed by atoms with E-state index in [2.05, 4.69) is 0 Å². The molecule has 5 heavy (non-hydrogen) atoms. The van der Waals surface area contributed by atoms with Gasteiger partial charge in [-0.05, 0) is 0 Å². The minimum Gasteiger partial charge on any atom is -0.172 e. The van der Waals surface area contributed by atoms with Crippen LogP contribution in [0.15, 0.2) is 0 Å². The fraction of sp³-hybridized carbons (Fsp3) is 1.00. The van der Waals surface area contributed by atoms with E-state index in [4.69, 9.17) is 0 Å². The van der Waals surface area contributed by atoms with Crippen molar-refractivity contribution in [2.45, 2.75) is 13.1 Å². The van der Waals surface area contributed by atoms with Crippen molar-refractivity contribution in [2.24, 2.45) is 0 Å². The maximum atomic E-state index is 10.4. The van der Waals surface area contributed by atoms with Crippen molar-refractivity contribution < 1.29 is 13.2 Å². The molecule has 0 saturated carbocycles. The van der Waals surface area contributed by atoms with Crippen LogP contribution in [0.2, 0.25) is 0 Å². The van der Waals surface area contributed by atoms with Gasteiger partial charge in [0.2, 0.25) is 0 Å². The van der Waals surface area contributed by atoms with Gasteiger partial charge in [-0.2, -0.15) is 13.2 Å². The van der Waals surface area contributed by atoms with E-state index in [0.29, 0.717) is 0 Å². The summed E-state index contributed by atoms with van der Waals surface area (Å²) in [7, 11) is 0. The predicted octanol–water partition coefficient (Wildman–Crippen LogP) is 1.57. The van der Waals surface area contributed by atoms with Crippen LogP contribution in [-0.2, 0) is 0 Å². The first kappa shape index (κ1) is 4.79. The van der Waals surface area contributed by atoms with Gasteiger partial charge in [0.25, 0.3) is 0 Å². The van der Waals surface area contributed by atoms with Gasteiger partial charge in [-0.25, -0.2) is 0 Å². The predicted molar refractivity (Wildman–Crippen MR) is 11.7 cm³/mol. The number of hydrogen-bond acceptors (Lipinski definition) is 0. The number of hydrogen-bond donors (Lipinski definition) is 0. The molecule has 0 heterocycles. The Hall–Kier alpha value is -0.210. The fourth-order valence-corrected chi connectivity index (χ4v) is 0. The summed E-state index contributed by atoms with van der Waals surface area (Å²) in [6, 6.07) is 0. The lowest BCUT2D eigenvalue weighted by Gasteiger charge is -1.88. The van der Waals surface area contributed by atoms with Crippen LogP contribution in [0.4, 0.5) is 13.2 Å². The quantitative estimate of drug-likeness (QED) is 0.417. The molecule has 0 N–H and O–H groups in total. The Bertz CT molecular complexity index is 20.4.